The topological polar surface area (TPSA) is 68.8 Å². The van der Waals surface area contributed by atoms with Crippen LogP contribution in [0.2, 0.25) is 0 Å². The van der Waals surface area contributed by atoms with E-state index in [1.165, 1.54) is 0 Å². The predicted molar refractivity (Wildman–Crippen MR) is 138 cm³/mol. The molecule has 178 valence electrons. The molecule has 0 saturated carbocycles. The average Bonchev–Trinajstić information content (AvgIpc) is 2.91. The molecule has 0 radical (unpaired) electrons. The third-order valence-corrected chi connectivity index (χ3v) is 5.07. The Balaban J connectivity index is 1.19. The fraction of sp³-hybridized carbons (Fsp3) is 0.138. The van der Waals surface area contributed by atoms with Crippen LogP contribution in [0.15, 0.2) is 109 Å². The third-order valence-electron chi connectivity index (χ3n) is 5.07. The molecule has 6 heteroatoms. The molecule has 0 bridgehead atoms. The Labute approximate surface area is 205 Å². The van der Waals surface area contributed by atoms with Crippen LogP contribution < -0.4 is 24.8 Å². The van der Waals surface area contributed by atoms with E-state index in [1.807, 2.05) is 109 Å². The number of carbonyl (C=O) groups is 1. The molecule has 0 saturated heterocycles. The van der Waals surface area contributed by atoms with Gasteiger partial charge in [0.1, 0.15) is 37.1 Å². The van der Waals surface area contributed by atoms with E-state index in [-0.39, 0.29) is 12.5 Å². The number of hydrogen-bond acceptors (Lipinski definition) is 5. The number of hydrogen-bond donors (Lipinski definition) is 2. The molecule has 0 spiro atoms. The van der Waals surface area contributed by atoms with E-state index < -0.39 is 0 Å². The van der Waals surface area contributed by atoms with Crippen LogP contribution >= 0.6 is 0 Å². The predicted octanol–water partition coefficient (Wildman–Crippen LogP) is 5.77. The number of anilines is 2. The molecule has 0 heterocycles. The van der Waals surface area contributed by atoms with Gasteiger partial charge in [0.05, 0.1) is 12.2 Å². The summed E-state index contributed by atoms with van der Waals surface area (Å²) in [5.74, 6) is 2.02. The van der Waals surface area contributed by atoms with Crippen molar-refractivity contribution in [2.24, 2.45) is 0 Å². The van der Waals surface area contributed by atoms with E-state index in [0.717, 1.165) is 22.7 Å². The summed E-state index contributed by atoms with van der Waals surface area (Å²) in [6, 6.07) is 34.4. The minimum atomic E-state index is -0.167. The number of nitrogens with one attached hydrogen (secondary N) is 2. The van der Waals surface area contributed by atoms with Gasteiger partial charge in [0.25, 0.3) is 0 Å². The van der Waals surface area contributed by atoms with E-state index in [9.17, 15) is 4.79 Å². The zero-order valence-corrected chi connectivity index (χ0v) is 19.4. The highest BCUT2D eigenvalue weighted by molar-refractivity contribution is 5.95. The van der Waals surface area contributed by atoms with Crippen LogP contribution in [0.1, 0.15) is 5.56 Å². The first-order valence-corrected chi connectivity index (χ1v) is 11.5. The van der Waals surface area contributed by atoms with Crippen molar-refractivity contribution in [1.29, 1.82) is 0 Å². The monoisotopic (exact) mass is 468 g/mol. The summed E-state index contributed by atoms with van der Waals surface area (Å²) in [6.45, 7) is 1.45. The van der Waals surface area contributed by atoms with Crippen molar-refractivity contribution in [2.45, 2.75) is 6.61 Å². The van der Waals surface area contributed by atoms with Crippen LogP contribution in [0, 0.1) is 0 Å². The van der Waals surface area contributed by atoms with Gasteiger partial charge in [-0.05, 0) is 54.1 Å². The SMILES string of the molecule is O=C(CNc1ccc(OCCOc2ccccc2)cc1)Nc1ccccc1OCc1ccccc1. The highest BCUT2D eigenvalue weighted by Gasteiger charge is 2.08. The summed E-state index contributed by atoms with van der Waals surface area (Å²) in [6.07, 6.45) is 0. The molecule has 0 aromatic heterocycles. The van der Waals surface area contributed by atoms with Crippen LogP contribution in [0.3, 0.4) is 0 Å². The number of para-hydroxylation sites is 3. The maximum atomic E-state index is 12.5. The fourth-order valence-electron chi connectivity index (χ4n) is 3.31. The van der Waals surface area contributed by atoms with Crippen molar-refractivity contribution in [3.8, 4) is 17.2 Å². The Kier molecular flexibility index (Phi) is 8.60. The number of benzene rings is 4. The molecule has 0 aliphatic rings. The van der Waals surface area contributed by atoms with E-state index in [2.05, 4.69) is 10.6 Å². The molecule has 2 N–H and O–H groups in total. The first-order valence-electron chi connectivity index (χ1n) is 11.5. The van der Waals surface area contributed by atoms with Crippen LogP contribution in [0.4, 0.5) is 11.4 Å². The molecule has 0 aliphatic carbocycles. The molecule has 4 rings (SSSR count). The minimum absolute atomic E-state index is 0.123. The van der Waals surface area contributed by atoms with Gasteiger partial charge < -0.3 is 24.8 Å². The molecule has 1 amide bonds. The smallest absolute Gasteiger partial charge is 0.243 e. The lowest BCUT2D eigenvalue weighted by Crippen LogP contribution is -2.22. The van der Waals surface area contributed by atoms with Crippen molar-refractivity contribution < 1.29 is 19.0 Å². The van der Waals surface area contributed by atoms with E-state index >= 15 is 0 Å². The van der Waals surface area contributed by atoms with Gasteiger partial charge in [-0.25, -0.2) is 0 Å². The van der Waals surface area contributed by atoms with E-state index in [1.54, 1.807) is 0 Å². The first kappa shape index (κ1) is 23.7. The number of ether oxygens (including phenoxy) is 3. The highest BCUT2D eigenvalue weighted by atomic mass is 16.5. The van der Waals surface area contributed by atoms with Crippen LogP contribution in [-0.2, 0) is 11.4 Å². The van der Waals surface area contributed by atoms with Gasteiger partial charge in [-0.3, -0.25) is 4.79 Å². The van der Waals surface area contributed by atoms with Crippen LogP contribution in [-0.4, -0.2) is 25.7 Å². The molecule has 0 atom stereocenters. The zero-order valence-electron chi connectivity index (χ0n) is 19.4. The van der Waals surface area contributed by atoms with Crippen molar-refractivity contribution in [3.05, 3.63) is 115 Å². The van der Waals surface area contributed by atoms with Gasteiger partial charge in [-0.1, -0.05) is 60.7 Å². The van der Waals surface area contributed by atoms with Crippen molar-refractivity contribution in [2.75, 3.05) is 30.4 Å². The molecule has 4 aromatic carbocycles. The van der Waals surface area contributed by atoms with Gasteiger partial charge in [-0.15, -0.1) is 0 Å². The Morgan fingerprint density at radius 1 is 0.629 bits per heavy atom. The number of rotatable bonds is 12. The summed E-state index contributed by atoms with van der Waals surface area (Å²) in [7, 11) is 0. The standard InChI is InChI=1S/C29H28N2O4/c32-29(31-27-13-7-8-14-28(27)35-22-23-9-3-1-4-10-23)21-30-24-15-17-26(18-16-24)34-20-19-33-25-11-5-2-6-12-25/h1-18,30H,19-22H2,(H,31,32). The summed E-state index contributed by atoms with van der Waals surface area (Å²) in [5, 5.41) is 6.04. The zero-order chi connectivity index (χ0) is 24.1. The van der Waals surface area contributed by atoms with Gasteiger partial charge in [-0.2, -0.15) is 0 Å². The summed E-state index contributed by atoms with van der Waals surface area (Å²) >= 11 is 0. The maximum Gasteiger partial charge on any atom is 0.243 e. The van der Waals surface area contributed by atoms with Crippen molar-refractivity contribution >= 4 is 17.3 Å². The fourth-order valence-corrected chi connectivity index (χ4v) is 3.31. The van der Waals surface area contributed by atoms with Gasteiger partial charge in [0, 0.05) is 5.69 Å². The van der Waals surface area contributed by atoms with Crippen LogP contribution in [0.5, 0.6) is 17.2 Å². The highest BCUT2D eigenvalue weighted by Crippen LogP contribution is 2.25. The molecule has 0 aliphatic heterocycles. The summed E-state index contributed by atoms with van der Waals surface area (Å²) in [5.41, 5.74) is 2.52. The second-order valence-corrected chi connectivity index (χ2v) is 7.71. The molecular formula is C29H28N2O4. The molecule has 0 fully saturated rings. The Bertz CT molecular complexity index is 1180. The first-order chi connectivity index (χ1) is 17.3. The largest absolute Gasteiger partial charge is 0.490 e. The molecule has 0 unspecified atom stereocenters. The molecule has 6 nitrogen and oxygen atoms in total. The average molecular weight is 469 g/mol. The molecular weight excluding hydrogens is 440 g/mol. The van der Waals surface area contributed by atoms with Gasteiger partial charge in [0.2, 0.25) is 5.91 Å². The maximum absolute atomic E-state index is 12.5. The summed E-state index contributed by atoms with van der Waals surface area (Å²) < 4.78 is 17.2. The number of amides is 1. The Hall–Kier alpha value is -4.45. The Morgan fingerprint density at radius 2 is 1.23 bits per heavy atom. The number of carbonyl (C=O) groups excluding carboxylic acids is 1. The lowest BCUT2D eigenvalue weighted by molar-refractivity contribution is -0.114. The minimum Gasteiger partial charge on any atom is -0.490 e. The lowest BCUT2D eigenvalue weighted by Gasteiger charge is -2.13. The second-order valence-electron chi connectivity index (χ2n) is 7.71. The molecule has 4 aromatic rings. The second kappa shape index (κ2) is 12.7. The Morgan fingerprint density at radius 3 is 1.94 bits per heavy atom. The quantitative estimate of drug-likeness (QED) is 0.258. The normalized spacial score (nSPS) is 10.3. The van der Waals surface area contributed by atoms with Crippen molar-refractivity contribution in [3.63, 3.8) is 0 Å². The molecule has 35 heavy (non-hydrogen) atoms. The van der Waals surface area contributed by atoms with Crippen molar-refractivity contribution in [1.82, 2.24) is 0 Å². The third kappa shape index (κ3) is 7.82. The summed E-state index contributed by atoms with van der Waals surface area (Å²) in [4.78, 5) is 12.5. The van der Waals surface area contributed by atoms with Gasteiger partial charge in [0.15, 0.2) is 0 Å². The van der Waals surface area contributed by atoms with Crippen LogP contribution in [0.25, 0.3) is 0 Å². The van der Waals surface area contributed by atoms with E-state index in [0.29, 0.717) is 31.3 Å². The lowest BCUT2D eigenvalue weighted by atomic mass is 10.2. The van der Waals surface area contributed by atoms with Gasteiger partial charge >= 0.3 is 0 Å². The van der Waals surface area contributed by atoms with E-state index in [4.69, 9.17) is 14.2 Å².